The SMILES string of the molecule is Nc1c2ccccc2cc2oc(=O)c(=O)oc12. The summed E-state index contributed by atoms with van der Waals surface area (Å²) in [5, 5.41) is 1.56. The third-order valence-electron chi connectivity index (χ3n) is 2.57. The Morgan fingerprint density at radius 1 is 1.00 bits per heavy atom. The van der Waals surface area contributed by atoms with Crippen LogP contribution in [0.4, 0.5) is 5.69 Å². The van der Waals surface area contributed by atoms with Crippen molar-refractivity contribution in [3.8, 4) is 0 Å². The Morgan fingerprint density at radius 2 is 1.71 bits per heavy atom. The van der Waals surface area contributed by atoms with E-state index in [-0.39, 0.29) is 11.2 Å². The van der Waals surface area contributed by atoms with E-state index in [2.05, 4.69) is 0 Å². The van der Waals surface area contributed by atoms with E-state index in [1.807, 2.05) is 18.2 Å². The van der Waals surface area contributed by atoms with Gasteiger partial charge in [0.25, 0.3) is 0 Å². The molecule has 0 aliphatic rings. The molecule has 0 spiro atoms. The molecule has 0 unspecified atom stereocenters. The predicted molar refractivity (Wildman–Crippen MR) is 62.9 cm³/mol. The highest BCUT2D eigenvalue weighted by molar-refractivity contribution is 6.05. The van der Waals surface area contributed by atoms with Gasteiger partial charge in [0.1, 0.15) is 0 Å². The topological polar surface area (TPSA) is 86.4 Å². The molecule has 0 amide bonds. The molecule has 5 heteroatoms. The lowest BCUT2D eigenvalue weighted by Gasteiger charge is -2.03. The van der Waals surface area contributed by atoms with Gasteiger partial charge in [-0.3, -0.25) is 0 Å². The molecule has 3 rings (SSSR count). The smallest absolute Gasteiger partial charge is 0.414 e. The molecule has 17 heavy (non-hydrogen) atoms. The van der Waals surface area contributed by atoms with Crippen LogP contribution in [0.25, 0.3) is 21.9 Å². The van der Waals surface area contributed by atoms with Crippen LogP contribution in [0.5, 0.6) is 0 Å². The third kappa shape index (κ3) is 1.32. The molecule has 0 aliphatic carbocycles. The van der Waals surface area contributed by atoms with Crippen molar-refractivity contribution in [2.24, 2.45) is 0 Å². The molecule has 0 bridgehead atoms. The number of hydrogen-bond donors (Lipinski definition) is 1. The van der Waals surface area contributed by atoms with E-state index in [9.17, 15) is 9.59 Å². The molecule has 2 N–H and O–H groups in total. The van der Waals surface area contributed by atoms with Crippen LogP contribution in [0.15, 0.2) is 48.8 Å². The van der Waals surface area contributed by atoms with E-state index in [0.29, 0.717) is 5.69 Å². The number of anilines is 1. The van der Waals surface area contributed by atoms with Crippen molar-refractivity contribution in [2.75, 3.05) is 5.73 Å². The van der Waals surface area contributed by atoms with Crippen LogP contribution in [-0.4, -0.2) is 0 Å². The first-order valence-corrected chi connectivity index (χ1v) is 4.92. The summed E-state index contributed by atoms with van der Waals surface area (Å²) in [7, 11) is 0. The van der Waals surface area contributed by atoms with Gasteiger partial charge in [-0.15, -0.1) is 0 Å². The summed E-state index contributed by atoms with van der Waals surface area (Å²) in [6.07, 6.45) is 0. The summed E-state index contributed by atoms with van der Waals surface area (Å²) >= 11 is 0. The van der Waals surface area contributed by atoms with E-state index in [1.54, 1.807) is 12.1 Å². The van der Waals surface area contributed by atoms with Crippen molar-refractivity contribution in [1.82, 2.24) is 0 Å². The van der Waals surface area contributed by atoms with Crippen LogP contribution in [-0.2, 0) is 0 Å². The summed E-state index contributed by atoms with van der Waals surface area (Å²) in [5.74, 6) is 0. The molecule has 0 saturated carbocycles. The summed E-state index contributed by atoms with van der Waals surface area (Å²) in [4.78, 5) is 22.2. The number of nitrogens with two attached hydrogens (primary N) is 1. The molecule has 0 atom stereocenters. The minimum atomic E-state index is -1.06. The molecule has 3 aromatic rings. The molecule has 0 radical (unpaired) electrons. The van der Waals surface area contributed by atoms with Crippen molar-refractivity contribution in [3.63, 3.8) is 0 Å². The first kappa shape index (κ1) is 9.65. The van der Waals surface area contributed by atoms with Crippen molar-refractivity contribution < 1.29 is 8.83 Å². The van der Waals surface area contributed by atoms with E-state index in [0.717, 1.165) is 10.8 Å². The number of rotatable bonds is 0. The zero-order chi connectivity index (χ0) is 12.0. The van der Waals surface area contributed by atoms with Crippen molar-refractivity contribution >= 4 is 27.6 Å². The van der Waals surface area contributed by atoms with Crippen LogP contribution in [0.2, 0.25) is 0 Å². The third-order valence-corrected chi connectivity index (χ3v) is 2.57. The molecular weight excluding hydrogens is 222 g/mol. The van der Waals surface area contributed by atoms with Gasteiger partial charge in [-0.25, -0.2) is 9.59 Å². The van der Waals surface area contributed by atoms with Crippen molar-refractivity contribution in [3.05, 3.63) is 51.2 Å². The second-order valence-electron chi connectivity index (χ2n) is 3.62. The Bertz CT molecular complexity index is 844. The maximum absolute atomic E-state index is 11.1. The molecule has 5 nitrogen and oxygen atoms in total. The lowest BCUT2D eigenvalue weighted by Crippen LogP contribution is -2.21. The van der Waals surface area contributed by atoms with Crippen LogP contribution in [0.1, 0.15) is 0 Å². The van der Waals surface area contributed by atoms with Gasteiger partial charge in [0.05, 0.1) is 5.69 Å². The fourth-order valence-electron chi connectivity index (χ4n) is 1.79. The Labute approximate surface area is 94.1 Å². The minimum Gasteiger partial charge on any atom is -0.414 e. The van der Waals surface area contributed by atoms with Gasteiger partial charge in [0, 0.05) is 5.39 Å². The monoisotopic (exact) mass is 229 g/mol. The van der Waals surface area contributed by atoms with E-state index >= 15 is 0 Å². The zero-order valence-corrected chi connectivity index (χ0v) is 8.60. The first-order valence-electron chi connectivity index (χ1n) is 4.92. The molecule has 0 saturated heterocycles. The maximum Gasteiger partial charge on any atom is 0.423 e. The second kappa shape index (κ2) is 3.21. The lowest BCUT2D eigenvalue weighted by molar-refractivity contribution is 0.450. The summed E-state index contributed by atoms with van der Waals surface area (Å²) < 4.78 is 9.68. The highest BCUT2D eigenvalue weighted by Crippen LogP contribution is 2.28. The van der Waals surface area contributed by atoms with E-state index in [1.165, 1.54) is 0 Å². The van der Waals surface area contributed by atoms with Gasteiger partial charge in [0.2, 0.25) is 0 Å². The second-order valence-corrected chi connectivity index (χ2v) is 3.62. The van der Waals surface area contributed by atoms with Gasteiger partial charge >= 0.3 is 11.3 Å². The van der Waals surface area contributed by atoms with E-state index in [4.69, 9.17) is 14.6 Å². The summed E-state index contributed by atoms with van der Waals surface area (Å²) in [5.41, 5.74) is 4.36. The van der Waals surface area contributed by atoms with Gasteiger partial charge in [-0.2, -0.15) is 0 Å². The van der Waals surface area contributed by atoms with Crippen LogP contribution in [0, 0.1) is 0 Å². The molecule has 84 valence electrons. The van der Waals surface area contributed by atoms with Gasteiger partial charge in [-0.1, -0.05) is 24.3 Å². The predicted octanol–water partition coefficient (Wildman–Crippen LogP) is 1.48. The molecule has 2 aromatic carbocycles. The molecule has 1 aromatic heterocycles. The molecule has 0 aliphatic heterocycles. The van der Waals surface area contributed by atoms with Crippen LogP contribution < -0.4 is 17.0 Å². The quantitative estimate of drug-likeness (QED) is 0.358. The van der Waals surface area contributed by atoms with E-state index < -0.39 is 11.3 Å². The fourth-order valence-corrected chi connectivity index (χ4v) is 1.79. The summed E-state index contributed by atoms with van der Waals surface area (Å²) in [6, 6.07) is 8.91. The van der Waals surface area contributed by atoms with Crippen molar-refractivity contribution in [2.45, 2.75) is 0 Å². The normalized spacial score (nSPS) is 11.1. The number of nitrogen functional groups attached to an aromatic ring is 1. The van der Waals surface area contributed by atoms with Crippen LogP contribution >= 0.6 is 0 Å². The summed E-state index contributed by atoms with van der Waals surface area (Å²) in [6.45, 7) is 0. The molecule has 1 heterocycles. The Balaban J connectivity index is 2.64. The highest BCUT2D eigenvalue weighted by atomic mass is 16.5. The fraction of sp³-hybridized carbons (Fsp3) is 0. The molecule has 0 fully saturated rings. The number of benzene rings is 2. The minimum absolute atomic E-state index is 0.105. The average Bonchev–Trinajstić information content (AvgIpc) is 2.32. The van der Waals surface area contributed by atoms with Crippen LogP contribution in [0.3, 0.4) is 0 Å². The zero-order valence-electron chi connectivity index (χ0n) is 8.60. The van der Waals surface area contributed by atoms with Gasteiger partial charge < -0.3 is 14.6 Å². The molecular formula is C12H7NO4. The Morgan fingerprint density at radius 3 is 2.53 bits per heavy atom. The Hall–Kier alpha value is -2.56. The van der Waals surface area contributed by atoms with Gasteiger partial charge in [-0.05, 0) is 11.5 Å². The number of hydrogen-bond acceptors (Lipinski definition) is 5. The van der Waals surface area contributed by atoms with Gasteiger partial charge in [0.15, 0.2) is 11.2 Å². The maximum atomic E-state index is 11.1. The average molecular weight is 229 g/mol. The standard InChI is InChI=1S/C12H7NO4/c13-9-7-4-2-1-3-6(7)5-8-10(9)17-12(15)11(14)16-8/h1-5H,13H2. The largest absolute Gasteiger partial charge is 0.423 e. The number of fused-ring (bicyclic) bond motifs is 2. The Kier molecular flexibility index (Phi) is 1.82. The first-order chi connectivity index (χ1) is 8.16. The highest BCUT2D eigenvalue weighted by Gasteiger charge is 2.11. The lowest BCUT2D eigenvalue weighted by atomic mass is 10.1. The van der Waals surface area contributed by atoms with Crippen molar-refractivity contribution in [1.29, 1.82) is 0 Å².